The predicted octanol–water partition coefficient (Wildman–Crippen LogP) is 3.52. The van der Waals surface area contributed by atoms with Crippen molar-refractivity contribution in [3.05, 3.63) is 34.3 Å². The van der Waals surface area contributed by atoms with Gasteiger partial charge in [0.1, 0.15) is 5.60 Å². The van der Waals surface area contributed by atoms with E-state index in [0.717, 1.165) is 11.1 Å². The van der Waals surface area contributed by atoms with Crippen LogP contribution in [0, 0.1) is 18.8 Å². The van der Waals surface area contributed by atoms with Gasteiger partial charge in [0.05, 0.1) is 6.54 Å². The fraction of sp³-hybridized carbons (Fsp3) is 0.400. The molecule has 102 valence electrons. The standard InChI is InChI=1S/C15H18ClNO2/c1-11-10-13(16)8-7-12(11)6-5-9-17-14(18)19-15(2,3)4/h7-8,10H,9H2,1-4H3,(H,17,18). The van der Waals surface area contributed by atoms with E-state index in [1.165, 1.54) is 0 Å². The summed E-state index contributed by atoms with van der Waals surface area (Å²) in [5.41, 5.74) is 1.41. The number of ether oxygens (including phenoxy) is 1. The zero-order valence-electron chi connectivity index (χ0n) is 11.6. The van der Waals surface area contributed by atoms with Gasteiger partial charge in [-0.2, -0.15) is 0 Å². The third-order valence-corrected chi connectivity index (χ3v) is 2.37. The molecular formula is C15H18ClNO2. The molecule has 4 heteroatoms. The van der Waals surface area contributed by atoms with Gasteiger partial charge in [0, 0.05) is 10.6 Å². The van der Waals surface area contributed by atoms with E-state index >= 15 is 0 Å². The highest BCUT2D eigenvalue weighted by atomic mass is 35.5. The van der Waals surface area contributed by atoms with Crippen LogP contribution in [0.3, 0.4) is 0 Å². The van der Waals surface area contributed by atoms with Crippen molar-refractivity contribution in [3.63, 3.8) is 0 Å². The molecule has 0 saturated carbocycles. The molecule has 0 saturated heterocycles. The quantitative estimate of drug-likeness (QED) is 0.799. The Balaban J connectivity index is 2.50. The minimum absolute atomic E-state index is 0.247. The molecular weight excluding hydrogens is 262 g/mol. The number of rotatable bonds is 1. The van der Waals surface area contributed by atoms with Crippen molar-refractivity contribution in [2.45, 2.75) is 33.3 Å². The number of hydrogen-bond acceptors (Lipinski definition) is 2. The molecule has 0 atom stereocenters. The van der Waals surface area contributed by atoms with Crippen LogP contribution in [0.4, 0.5) is 4.79 Å². The lowest BCUT2D eigenvalue weighted by Gasteiger charge is -2.19. The molecule has 0 radical (unpaired) electrons. The van der Waals surface area contributed by atoms with Crippen LogP contribution < -0.4 is 5.32 Å². The third-order valence-electron chi connectivity index (χ3n) is 2.13. The molecule has 1 aromatic carbocycles. The molecule has 0 aliphatic heterocycles. The molecule has 0 aliphatic carbocycles. The van der Waals surface area contributed by atoms with Crippen molar-refractivity contribution in [1.29, 1.82) is 0 Å². The van der Waals surface area contributed by atoms with Gasteiger partial charge in [-0.1, -0.05) is 23.4 Å². The first-order valence-electron chi connectivity index (χ1n) is 6.00. The van der Waals surface area contributed by atoms with Crippen LogP contribution >= 0.6 is 11.6 Å². The first kappa shape index (κ1) is 15.4. The zero-order chi connectivity index (χ0) is 14.5. The maximum absolute atomic E-state index is 11.4. The normalized spacial score (nSPS) is 10.4. The van der Waals surface area contributed by atoms with Crippen LogP contribution in [0.15, 0.2) is 18.2 Å². The van der Waals surface area contributed by atoms with Gasteiger partial charge in [-0.25, -0.2) is 4.79 Å². The van der Waals surface area contributed by atoms with E-state index in [2.05, 4.69) is 17.2 Å². The van der Waals surface area contributed by atoms with Gasteiger partial charge in [-0.3, -0.25) is 0 Å². The van der Waals surface area contributed by atoms with E-state index in [4.69, 9.17) is 16.3 Å². The fourth-order valence-electron chi connectivity index (χ4n) is 1.34. The minimum Gasteiger partial charge on any atom is -0.444 e. The molecule has 0 aliphatic rings. The number of amides is 1. The Labute approximate surface area is 119 Å². The van der Waals surface area contributed by atoms with Gasteiger partial charge in [0.15, 0.2) is 0 Å². The molecule has 0 spiro atoms. The average molecular weight is 280 g/mol. The molecule has 1 amide bonds. The van der Waals surface area contributed by atoms with Crippen molar-refractivity contribution in [1.82, 2.24) is 5.32 Å². The summed E-state index contributed by atoms with van der Waals surface area (Å²) in [6, 6.07) is 5.50. The van der Waals surface area contributed by atoms with Crippen LogP contribution in [0.1, 0.15) is 31.9 Å². The summed E-state index contributed by atoms with van der Waals surface area (Å²) in [6.07, 6.45) is -0.463. The fourth-order valence-corrected chi connectivity index (χ4v) is 1.56. The van der Waals surface area contributed by atoms with Gasteiger partial charge in [-0.15, -0.1) is 0 Å². The Morgan fingerprint density at radius 3 is 2.68 bits per heavy atom. The van der Waals surface area contributed by atoms with Crippen molar-refractivity contribution in [2.24, 2.45) is 0 Å². The van der Waals surface area contributed by atoms with Crippen molar-refractivity contribution < 1.29 is 9.53 Å². The topological polar surface area (TPSA) is 38.3 Å². The SMILES string of the molecule is Cc1cc(Cl)ccc1C#CCNC(=O)OC(C)(C)C. The first-order chi connectivity index (χ1) is 8.78. The molecule has 0 fully saturated rings. The van der Waals surface area contributed by atoms with Crippen molar-refractivity contribution >= 4 is 17.7 Å². The van der Waals surface area contributed by atoms with Crippen LogP contribution in [0.2, 0.25) is 5.02 Å². The second-order valence-corrected chi connectivity index (χ2v) is 5.55. The third kappa shape index (κ3) is 6.17. The van der Waals surface area contributed by atoms with Crippen molar-refractivity contribution in [3.8, 4) is 11.8 Å². The van der Waals surface area contributed by atoms with E-state index in [1.54, 1.807) is 6.07 Å². The molecule has 0 unspecified atom stereocenters. The Morgan fingerprint density at radius 2 is 2.11 bits per heavy atom. The van der Waals surface area contributed by atoms with E-state index in [1.807, 2.05) is 39.8 Å². The summed E-state index contributed by atoms with van der Waals surface area (Å²) in [5.74, 6) is 5.85. The number of carbonyl (C=O) groups is 1. The number of nitrogens with one attached hydrogen (secondary N) is 1. The van der Waals surface area contributed by atoms with Crippen molar-refractivity contribution in [2.75, 3.05) is 6.54 Å². The van der Waals surface area contributed by atoms with E-state index in [9.17, 15) is 4.79 Å². The number of aryl methyl sites for hydroxylation is 1. The smallest absolute Gasteiger partial charge is 0.408 e. The Bertz CT molecular complexity index is 521. The largest absolute Gasteiger partial charge is 0.444 e. The minimum atomic E-state index is -0.496. The molecule has 19 heavy (non-hydrogen) atoms. The lowest BCUT2D eigenvalue weighted by Crippen LogP contribution is -2.32. The number of benzene rings is 1. The molecule has 3 nitrogen and oxygen atoms in total. The maximum Gasteiger partial charge on any atom is 0.408 e. The summed E-state index contributed by atoms with van der Waals surface area (Å²) >= 11 is 5.86. The number of alkyl carbamates (subject to hydrolysis) is 1. The molecule has 0 aromatic heterocycles. The second-order valence-electron chi connectivity index (χ2n) is 5.12. The highest BCUT2D eigenvalue weighted by Crippen LogP contribution is 2.13. The van der Waals surface area contributed by atoms with Crippen LogP contribution in [-0.2, 0) is 4.74 Å². The monoisotopic (exact) mass is 279 g/mol. The zero-order valence-corrected chi connectivity index (χ0v) is 12.4. The molecule has 1 N–H and O–H groups in total. The van der Waals surface area contributed by atoms with E-state index in [-0.39, 0.29) is 6.54 Å². The van der Waals surface area contributed by atoms with Crippen LogP contribution in [-0.4, -0.2) is 18.2 Å². The highest BCUT2D eigenvalue weighted by Gasteiger charge is 2.14. The predicted molar refractivity (Wildman–Crippen MR) is 77.3 cm³/mol. The Kier molecular flexibility index (Phi) is 5.26. The first-order valence-corrected chi connectivity index (χ1v) is 6.37. The van der Waals surface area contributed by atoms with Crippen LogP contribution in [0.25, 0.3) is 0 Å². The summed E-state index contributed by atoms with van der Waals surface area (Å²) in [6.45, 7) is 7.63. The number of hydrogen-bond donors (Lipinski definition) is 1. The van der Waals surface area contributed by atoms with Gasteiger partial charge in [0.25, 0.3) is 0 Å². The molecule has 0 heterocycles. The summed E-state index contributed by atoms with van der Waals surface area (Å²) in [4.78, 5) is 11.4. The molecule has 0 bridgehead atoms. The van der Waals surface area contributed by atoms with E-state index in [0.29, 0.717) is 5.02 Å². The Hall–Kier alpha value is -1.66. The number of carbonyl (C=O) groups excluding carboxylic acids is 1. The second kappa shape index (κ2) is 6.49. The van der Waals surface area contributed by atoms with Gasteiger partial charge in [-0.05, 0) is 51.5 Å². The van der Waals surface area contributed by atoms with Gasteiger partial charge >= 0.3 is 6.09 Å². The van der Waals surface area contributed by atoms with Crippen LogP contribution in [0.5, 0.6) is 0 Å². The summed E-state index contributed by atoms with van der Waals surface area (Å²) in [5, 5.41) is 3.27. The maximum atomic E-state index is 11.4. The molecule has 1 aromatic rings. The molecule has 1 rings (SSSR count). The van der Waals surface area contributed by atoms with Gasteiger partial charge < -0.3 is 10.1 Å². The van der Waals surface area contributed by atoms with Gasteiger partial charge in [0.2, 0.25) is 0 Å². The lowest BCUT2D eigenvalue weighted by molar-refractivity contribution is 0.0535. The van der Waals surface area contributed by atoms with E-state index < -0.39 is 11.7 Å². The highest BCUT2D eigenvalue weighted by molar-refractivity contribution is 6.30. The lowest BCUT2D eigenvalue weighted by atomic mass is 10.1. The summed E-state index contributed by atoms with van der Waals surface area (Å²) in [7, 11) is 0. The average Bonchev–Trinajstić information content (AvgIpc) is 2.24. The summed E-state index contributed by atoms with van der Waals surface area (Å²) < 4.78 is 5.09. The Morgan fingerprint density at radius 1 is 1.42 bits per heavy atom. The number of halogens is 1.